The molecular formula is C13H16N2O. The van der Waals surface area contributed by atoms with Crippen LogP contribution in [0.1, 0.15) is 31.4 Å². The molecule has 0 aliphatic heterocycles. The molecule has 0 saturated carbocycles. The molecule has 3 nitrogen and oxygen atoms in total. The van der Waals surface area contributed by atoms with Crippen molar-refractivity contribution in [1.29, 1.82) is 0 Å². The van der Waals surface area contributed by atoms with E-state index in [2.05, 4.69) is 16.2 Å². The number of nitrogens with zero attached hydrogens (tertiary/aromatic N) is 1. The monoisotopic (exact) mass is 216 g/mol. The van der Waals surface area contributed by atoms with Crippen molar-refractivity contribution in [3.05, 3.63) is 24.0 Å². The molecular weight excluding hydrogens is 200 g/mol. The molecule has 84 valence electrons. The van der Waals surface area contributed by atoms with Crippen LogP contribution in [0.3, 0.4) is 0 Å². The van der Waals surface area contributed by atoms with Crippen molar-refractivity contribution >= 4 is 11.6 Å². The molecule has 1 aromatic rings. The van der Waals surface area contributed by atoms with E-state index in [1.807, 2.05) is 13.0 Å². The Morgan fingerprint density at radius 2 is 2.38 bits per heavy atom. The largest absolute Gasteiger partial charge is 0.326 e. The summed E-state index contributed by atoms with van der Waals surface area (Å²) in [5.74, 6) is 2.59. The first-order valence-corrected chi connectivity index (χ1v) is 5.38. The molecule has 0 unspecified atom stereocenters. The summed E-state index contributed by atoms with van der Waals surface area (Å²) in [7, 11) is 0. The summed E-state index contributed by atoms with van der Waals surface area (Å²) in [6.45, 7) is 1.89. The van der Waals surface area contributed by atoms with Crippen LogP contribution in [0.5, 0.6) is 0 Å². The number of unbranched alkanes of at least 4 members (excludes halogenated alkanes) is 2. The van der Waals surface area contributed by atoms with E-state index >= 15 is 0 Å². The lowest BCUT2D eigenvalue weighted by molar-refractivity contribution is -0.116. The molecule has 1 amide bonds. The van der Waals surface area contributed by atoms with Gasteiger partial charge in [0, 0.05) is 30.4 Å². The lowest BCUT2D eigenvalue weighted by atomic mass is 10.2. The van der Waals surface area contributed by atoms with Crippen LogP contribution in [0.4, 0.5) is 5.69 Å². The summed E-state index contributed by atoms with van der Waals surface area (Å²) in [6, 6.07) is 3.63. The predicted molar refractivity (Wildman–Crippen MR) is 64.9 cm³/mol. The standard InChI is InChI=1S/C13H16N2O/c1-3-4-5-6-7-13(16)15-12-8-9-14-11(2)10-12/h1,8-10H,4-7H2,2H3,(H,14,15,16). The zero-order chi connectivity index (χ0) is 11.8. The van der Waals surface area contributed by atoms with Crippen molar-refractivity contribution < 1.29 is 4.79 Å². The smallest absolute Gasteiger partial charge is 0.224 e. The summed E-state index contributed by atoms with van der Waals surface area (Å²) < 4.78 is 0. The zero-order valence-corrected chi connectivity index (χ0v) is 9.49. The van der Waals surface area contributed by atoms with E-state index in [0.717, 1.165) is 30.6 Å². The number of pyridine rings is 1. The van der Waals surface area contributed by atoms with Crippen LogP contribution in [-0.2, 0) is 4.79 Å². The van der Waals surface area contributed by atoms with Crippen LogP contribution < -0.4 is 5.32 Å². The number of aryl methyl sites for hydroxylation is 1. The number of aromatic nitrogens is 1. The third-order valence-corrected chi connectivity index (χ3v) is 2.16. The molecule has 1 N–H and O–H groups in total. The Kier molecular flexibility index (Phi) is 5.07. The van der Waals surface area contributed by atoms with Gasteiger partial charge in [0.15, 0.2) is 0 Å². The van der Waals surface area contributed by atoms with Crippen molar-refractivity contribution in [2.24, 2.45) is 0 Å². The number of terminal acetylenes is 1. The number of nitrogens with one attached hydrogen (secondary N) is 1. The normalized spacial score (nSPS) is 9.50. The molecule has 0 atom stereocenters. The third kappa shape index (κ3) is 4.61. The van der Waals surface area contributed by atoms with E-state index in [0.29, 0.717) is 6.42 Å². The van der Waals surface area contributed by atoms with E-state index < -0.39 is 0 Å². The first-order valence-electron chi connectivity index (χ1n) is 5.38. The number of rotatable bonds is 5. The zero-order valence-electron chi connectivity index (χ0n) is 9.49. The van der Waals surface area contributed by atoms with Gasteiger partial charge in [-0.3, -0.25) is 9.78 Å². The Bertz CT molecular complexity index is 393. The molecule has 0 radical (unpaired) electrons. The van der Waals surface area contributed by atoms with Crippen molar-refractivity contribution in [3.63, 3.8) is 0 Å². The average molecular weight is 216 g/mol. The van der Waals surface area contributed by atoms with Gasteiger partial charge in [0.2, 0.25) is 5.91 Å². The molecule has 1 aromatic heterocycles. The highest BCUT2D eigenvalue weighted by molar-refractivity contribution is 5.90. The maximum Gasteiger partial charge on any atom is 0.224 e. The van der Waals surface area contributed by atoms with Gasteiger partial charge >= 0.3 is 0 Å². The highest BCUT2D eigenvalue weighted by Crippen LogP contribution is 2.08. The van der Waals surface area contributed by atoms with Gasteiger partial charge in [0.1, 0.15) is 0 Å². The minimum absolute atomic E-state index is 0.0302. The minimum atomic E-state index is 0.0302. The number of hydrogen-bond donors (Lipinski definition) is 1. The van der Waals surface area contributed by atoms with Crippen LogP contribution in [0, 0.1) is 19.3 Å². The van der Waals surface area contributed by atoms with E-state index in [9.17, 15) is 4.79 Å². The summed E-state index contributed by atoms with van der Waals surface area (Å²) in [5.41, 5.74) is 1.69. The lowest BCUT2D eigenvalue weighted by Gasteiger charge is -2.04. The van der Waals surface area contributed by atoms with E-state index in [-0.39, 0.29) is 5.91 Å². The van der Waals surface area contributed by atoms with Crippen LogP contribution in [0.25, 0.3) is 0 Å². The van der Waals surface area contributed by atoms with Gasteiger partial charge < -0.3 is 5.32 Å². The van der Waals surface area contributed by atoms with Crippen LogP contribution in [0.15, 0.2) is 18.3 Å². The molecule has 0 bridgehead atoms. The summed E-state index contributed by atoms with van der Waals surface area (Å²) in [6.07, 6.45) is 9.80. The number of hydrogen-bond acceptors (Lipinski definition) is 2. The van der Waals surface area contributed by atoms with E-state index in [1.54, 1.807) is 12.3 Å². The second-order valence-electron chi connectivity index (χ2n) is 3.65. The molecule has 1 heterocycles. The SMILES string of the molecule is C#CCCCCC(=O)Nc1ccnc(C)c1. The Balaban J connectivity index is 2.32. The Morgan fingerprint density at radius 1 is 1.56 bits per heavy atom. The van der Waals surface area contributed by atoms with Crippen molar-refractivity contribution in [2.75, 3.05) is 5.32 Å². The van der Waals surface area contributed by atoms with Crippen LogP contribution in [-0.4, -0.2) is 10.9 Å². The van der Waals surface area contributed by atoms with Crippen molar-refractivity contribution in [2.45, 2.75) is 32.6 Å². The van der Waals surface area contributed by atoms with Gasteiger partial charge in [-0.2, -0.15) is 0 Å². The number of amides is 1. The third-order valence-electron chi connectivity index (χ3n) is 2.16. The topological polar surface area (TPSA) is 42.0 Å². The second kappa shape index (κ2) is 6.62. The quantitative estimate of drug-likeness (QED) is 0.607. The van der Waals surface area contributed by atoms with Crippen molar-refractivity contribution in [3.8, 4) is 12.3 Å². The summed E-state index contributed by atoms with van der Waals surface area (Å²) in [5, 5.41) is 2.83. The Morgan fingerprint density at radius 3 is 3.06 bits per heavy atom. The highest BCUT2D eigenvalue weighted by Gasteiger charge is 2.01. The predicted octanol–water partition coefficient (Wildman–Crippen LogP) is 2.52. The van der Waals surface area contributed by atoms with Gasteiger partial charge in [-0.1, -0.05) is 0 Å². The Hall–Kier alpha value is -1.82. The first-order chi connectivity index (χ1) is 7.72. The van der Waals surface area contributed by atoms with Crippen LogP contribution in [0.2, 0.25) is 0 Å². The van der Waals surface area contributed by atoms with Gasteiger partial charge in [0.25, 0.3) is 0 Å². The molecule has 1 rings (SSSR count). The molecule has 16 heavy (non-hydrogen) atoms. The molecule has 0 saturated heterocycles. The second-order valence-corrected chi connectivity index (χ2v) is 3.65. The van der Waals surface area contributed by atoms with Crippen LogP contribution >= 0.6 is 0 Å². The van der Waals surface area contributed by atoms with E-state index in [4.69, 9.17) is 6.42 Å². The molecule has 3 heteroatoms. The average Bonchev–Trinajstić information content (AvgIpc) is 2.24. The van der Waals surface area contributed by atoms with Gasteiger partial charge in [-0.15, -0.1) is 12.3 Å². The molecule has 0 aliphatic rings. The molecule has 0 aromatic carbocycles. The van der Waals surface area contributed by atoms with Gasteiger partial charge in [-0.05, 0) is 31.9 Å². The fourth-order valence-electron chi connectivity index (χ4n) is 1.36. The fourth-order valence-corrected chi connectivity index (χ4v) is 1.36. The fraction of sp³-hybridized carbons (Fsp3) is 0.385. The molecule has 0 aliphatic carbocycles. The highest BCUT2D eigenvalue weighted by atomic mass is 16.1. The van der Waals surface area contributed by atoms with E-state index in [1.165, 1.54) is 0 Å². The maximum absolute atomic E-state index is 11.5. The Labute approximate surface area is 96.3 Å². The lowest BCUT2D eigenvalue weighted by Crippen LogP contribution is -2.11. The van der Waals surface area contributed by atoms with Gasteiger partial charge in [-0.25, -0.2) is 0 Å². The van der Waals surface area contributed by atoms with Crippen molar-refractivity contribution in [1.82, 2.24) is 4.98 Å². The number of anilines is 1. The summed E-state index contributed by atoms with van der Waals surface area (Å²) in [4.78, 5) is 15.6. The number of carbonyl (C=O) groups is 1. The maximum atomic E-state index is 11.5. The molecule has 0 spiro atoms. The minimum Gasteiger partial charge on any atom is -0.326 e. The van der Waals surface area contributed by atoms with Gasteiger partial charge in [0.05, 0.1) is 0 Å². The first kappa shape index (κ1) is 12.3. The molecule has 0 fully saturated rings. The summed E-state index contributed by atoms with van der Waals surface area (Å²) >= 11 is 0. The number of carbonyl (C=O) groups excluding carboxylic acids is 1.